The summed E-state index contributed by atoms with van der Waals surface area (Å²) in [6, 6.07) is 4.85. The average molecular weight is 330 g/mol. The van der Waals surface area contributed by atoms with E-state index in [0.29, 0.717) is 18.2 Å². The number of ether oxygens (including phenoxy) is 1. The van der Waals surface area contributed by atoms with Gasteiger partial charge in [-0.1, -0.05) is 35.8 Å². The maximum absolute atomic E-state index is 12.0. The van der Waals surface area contributed by atoms with Crippen LogP contribution in [0.4, 0.5) is 0 Å². The maximum atomic E-state index is 12.0. The summed E-state index contributed by atoms with van der Waals surface area (Å²) >= 11 is 3.52. The molecule has 1 unspecified atom stereocenters. The number of halogens is 1. The van der Waals surface area contributed by atoms with Crippen LogP contribution >= 0.6 is 15.9 Å². The van der Waals surface area contributed by atoms with Gasteiger partial charge in [-0.15, -0.1) is 0 Å². The monoisotopic (exact) mass is 329 g/mol. The summed E-state index contributed by atoms with van der Waals surface area (Å²) in [5.41, 5.74) is 0.226. The molecule has 1 aromatic rings. The van der Waals surface area contributed by atoms with Gasteiger partial charge in [0.2, 0.25) is 0 Å². The molecule has 0 saturated carbocycles. The number of aromatic hydroxyl groups is 1. The molecule has 0 aliphatic heterocycles. The number of rotatable bonds is 6. The zero-order chi connectivity index (χ0) is 14.4. The van der Waals surface area contributed by atoms with Crippen molar-refractivity contribution >= 4 is 21.8 Å². The van der Waals surface area contributed by atoms with Gasteiger partial charge in [0.1, 0.15) is 0 Å². The van der Waals surface area contributed by atoms with Crippen molar-refractivity contribution in [2.75, 3.05) is 13.7 Å². The lowest BCUT2D eigenvalue weighted by Gasteiger charge is -2.14. The molecule has 0 aromatic heterocycles. The van der Waals surface area contributed by atoms with Crippen molar-refractivity contribution in [1.82, 2.24) is 5.32 Å². The van der Waals surface area contributed by atoms with E-state index in [1.165, 1.54) is 7.11 Å². The first-order valence-electron chi connectivity index (χ1n) is 6.24. The third-order valence-electron chi connectivity index (χ3n) is 2.67. The molecule has 4 nitrogen and oxygen atoms in total. The Morgan fingerprint density at radius 1 is 1.47 bits per heavy atom. The van der Waals surface area contributed by atoms with Crippen LogP contribution in [-0.2, 0) is 0 Å². The topological polar surface area (TPSA) is 58.6 Å². The number of hydrogen-bond donors (Lipinski definition) is 2. The molecule has 106 valence electrons. The van der Waals surface area contributed by atoms with Gasteiger partial charge in [-0.25, -0.2) is 0 Å². The van der Waals surface area contributed by atoms with Crippen molar-refractivity contribution in [1.29, 1.82) is 0 Å². The van der Waals surface area contributed by atoms with E-state index < -0.39 is 0 Å². The Morgan fingerprint density at radius 2 is 2.16 bits per heavy atom. The Bertz CT molecular complexity index is 435. The Balaban J connectivity index is 2.64. The Morgan fingerprint density at radius 3 is 2.74 bits per heavy atom. The standard InChI is InChI=1S/C14H20BrNO3/c1-9(2)7-10(15)8-16-14(18)11-5-4-6-12(19-3)13(11)17/h4-6,9-10,17H,7-8H2,1-3H3,(H,16,18). The van der Waals surface area contributed by atoms with Gasteiger partial charge in [0.05, 0.1) is 12.7 Å². The first-order valence-corrected chi connectivity index (χ1v) is 7.15. The van der Waals surface area contributed by atoms with Crippen molar-refractivity contribution < 1.29 is 14.6 Å². The highest BCUT2D eigenvalue weighted by atomic mass is 79.9. The maximum Gasteiger partial charge on any atom is 0.255 e. The van der Waals surface area contributed by atoms with Crippen LogP contribution in [0, 0.1) is 5.92 Å². The highest BCUT2D eigenvalue weighted by Gasteiger charge is 2.15. The van der Waals surface area contributed by atoms with Crippen molar-refractivity contribution in [2.24, 2.45) is 5.92 Å². The van der Waals surface area contributed by atoms with Gasteiger partial charge in [-0.05, 0) is 24.5 Å². The van der Waals surface area contributed by atoms with Crippen molar-refractivity contribution in [3.05, 3.63) is 23.8 Å². The molecule has 0 aliphatic rings. The second-order valence-electron chi connectivity index (χ2n) is 4.79. The predicted molar refractivity (Wildman–Crippen MR) is 79.2 cm³/mol. The number of alkyl halides is 1. The molecule has 5 heteroatoms. The summed E-state index contributed by atoms with van der Waals surface area (Å²) in [4.78, 5) is 12.2. The van der Waals surface area contributed by atoms with Gasteiger partial charge in [0.15, 0.2) is 11.5 Å². The number of nitrogens with one attached hydrogen (secondary N) is 1. The van der Waals surface area contributed by atoms with Crippen LogP contribution in [0.1, 0.15) is 30.6 Å². The summed E-state index contributed by atoms with van der Waals surface area (Å²) in [5, 5.41) is 12.7. The van der Waals surface area contributed by atoms with Gasteiger partial charge >= 0.3 is 0 Å². The number of phenols is 1. The van der Waals surface area contributed by atoms with E-state index in [1.807, 2.05) is 0 Å². The second kappa shape index (κ2) is 7.38. The normalized spacial score (nSPS) is 12.3. The lowest BCUT2D eigenvalue weighted by molar-refractivity contribution is 0.0950. The highest BCUT2D eigenvalue weighted by molar-refractivity contribution is 9.09. The molecule has 0 fully saturated rings. The Kier molecular flexibility index (Phi) is 6.15. The number of para-hydroxylation sites is 1. The molecular weight excluding hydrogens is 310 g/mol. The predicted octanol–water partition coefficient (Wildman–Crippen LogP) is 2.94. The van der Waals surface area contributed by atoms with Crippen LogP contribution in [0.3, 0.4) is 0 Å². The molecule has 0 saturated heterocycles. The zero-order valence-electron chi connectivity index (χ0n) is 11.4. The van der Waals surface area contributed by atoms with E-state index in [9.17, 15) is 9.90 Å². The number of hydrogen-bond acceptors (Lipinski definition) is 3. The van der Waals surface area contributed by atoms with Crippen LogP contribution in [0.25, 0.3) is 0 Å². The molecule has 1 aromatic carbocycles. The lowest BCUT2D eigenvalue weighted by atomic mass is 10.1. The summed E-state index contributed by atoms with van der Waals surface area (Å²) in [7, 11) is 1.45. The molecule has 1 atom stereocenters. The van der Waals surface area contributed by atoms with Gasteiger partial charge in [-0.2, -0.15) is 0 Å². The molecule has 0 aliphatic carbocycles. The smallest absolute Gasteiger partial charge is 0.255 e. The van der Waals surface area contributed by atoms with Crippen LogP contribution in [0.2, 0.25) is 0 Å². The zero-order valence-corrected chi connectivity index (χ0v) is 13.0. The third-order valence-corrected chi connectivity index (χ3v) is 3.37. The molecular formula is C14H20BrNO3. The van der Waals surface area contributed by atoms with E-state index in [1.54, 1.807) is 18.2 Å². The molecule has 1 amide bonds. The quantitative estimate of drug-likeness (QED) is 0.789. The summed E-state index contributed by atoms with van der Waals surface area (Å²) in [6.07, 6.45) is 0.977. The van der Waals surface area contributed by atoms with Gasteiger partial charge in [0, 0.05) is 11.4 Å². The largest absolute Gasteiger partial charge is 0.504 e. The second-order valence-corrected chi connectivity index (χ2v) is 6.09. The number of carbonyl (C=O) groups is 1. The fourth-order valence-corrected chi connectivity index (χ4v) is 2.67. The minimum absolute atomic E-state index is 0.127. The van der Waals surface area contributed by atoms with Gasteiger partial charge in [-0.3, -0.25) is 4.79 Å². The van der Waals surface area contributed by atoms with E-state index in [-0.39, 0.29) is 22.0 Å². The Labute approximate surface area is 122 Å². The van der Waals surface area contributed by atoms with Gasteiger partial charge < -0.3 is 15.2 Å². The number of methoxy groups -OCH3 is 1. The highest BCUT2D eigenvalue weighted by Crippen LogP contribution is 2.29. The van der Waals surface area contributed by atoms with Crippen molar-refractivity contribution in [2.45, 2.75) is 25.1 Å². The minimum atomic E-state index is -0.301. The molecule has 19 heavy (non-hydrogen) atoms. The number of carbonyl (C=O) groups excluding carboxylic acids is 1. The third kappa shape index (κ3) is 4.74. The summed E-state index contributed by atoms with van der Waals surface area (Å²) < 4.78 is 4.97. The van der Waals surface area contributed by atoms with Crippen LogP contribution in [0.5, 0.6) is 11.5 Å². The lowest BCUT2D eigenvalue weighted by Crippen LogP contribution is -2.30. The van der Waals surface area contributed by atoms with E-state index in [4.69, 9.17) is 4.74 Å². The first kappa shape index (κ1) is 15.8. The molecule has 1 rings (SSSR count). The fraction of sp³-hybridized carbons (Fsp3) is 0.500. The molecule has 0 spiro atoms. The van der Waals surface area contributed by atoms with Gasteiger partial charge in [0.25, 0.3) is 5.91 Å². The summed E-state index contributed by atoms with van der Waals surface area (Å²) in [6.45, 7) is 4.78. The minimum Gasteiger partial charge on any atom is -0.504 e. The number of benzene rings is 1. The molecule has 0 bridgehead atoms. The molecule has 2 N–H and O–H groups in total. The average Bonchev–Trinajstić information content (AvgIpc) is 2.35. The van der Waals surface area contributed by atoms with Crippen molar-refractivity contribution in [3.63, 3.8) is 0 Å². The van der Waals surface area contributed by atoms with E-state index >= 15 is 0 Å². The van der Waals surface area contributed by atoms with Crippen LogP contribution in [-0.4, -0.2) is 29.5 Å². The van der Waals surface area contributed by atoms with Crippen LogP contribution < -0.4 is 10.1 Å². The fourth-order valence-electron chi connectivity index (χ4n) is 1.76. The molecule has 0 radical (unpaired) electrons. The van der Waals surface area contributed by atoms with E-state index in [0.717, 1.165) is 6.42 Å². The van der Waals surface area contributed by atoms with Crippen molar-refractivity contribution in [3.8, 4) is 11.5 Å². The SMILES string of the molecule is COc1cccc(C(=O)NCC(Br)CC(C)C)c1O. The van der Waals surface area contributed by atoms with Crippen LogP contribution in [0.15, 0.2) is 18.2 Å². The summed E-state index contributed by atoms with van der Waals surface area (Å²) in [5.74, 6) is 0.429. The number of amides is 1. The first-order chi connectivity index (χ1) is 8.95. The Hall–Kier alpha value is -1.23. The molecule has 0 heterocycles. The van der Waals surface area contributed by atoms with E-state index in [2.05, 4.69) is 35.1 Å². The number of phenolic OH excluding ortho intramolecular Hbond substituents is 1.